The van der Waals surface area contributed by atoms with Crippen molar-refractivity contribution in [3.05, 3.63) is 59.7 Å². The summed E-state index contributed by atoms with van der Waals surface area (Å²) in [5, 5.41) is 0. The van der Waals surface area contributed by atoms with Crippen molar-refractivity contribution in [1.29, 1.82) is 0 Å². The molecule has 2 rings (SSSR count). The zero-order valence-corrected chi connectivity index (χ0v) is 15.1. The number of amides is 1. The number of benzene rings is 2. The quantitative estimate of drug-likeness (QED) is 0.720. The molecule has 2 aromatic rings. The highest BCUT2D eigenvalue weighted by Gasteiger charge is 2.24. The Bertz CT molecular complexity index is 862. The fourth-order valence-electron chi connectivity index (χ4n) is 2.39. The van der Waals surface area contributed by atoms with Crippen LogP contribution in [0.5, 0.6) is 0 Å². The molecule has 0 aromatic heterocycles. The molecule has 0 saturated heterocycles. The molecule has 2 N–H and O–H groups in total. The summed E-state index contributed by atoms with van der Waals surface area (Å²) in [5.41, 5.74) is 3.05. The molecule has 0 bridgehead atoms. The Morgan fingerprint density at radius 2 is 1.54 bits per heavy atom. The Balaban J connectivity index is 2.11. The van der Waals surface area contributed by atoms with Gasteiger partial charge in [-0.3, -0.25) is 10.2 Å². The highest BCUT2D eigenvalue weighted by atomic mass is 32.2. The van der Waals surface area contributed by atoms with E-state index in [1.165, 1.54) is 12.1 Å². The van der Waals surface area contributed by atoms with Crippen LogP contribution in [0.2, 0.25) is 0 Å². The van der Waals surface area contributed by atoms with Gasteiger partial charge >= 0.3 is 0 Å². The van der Waals surface area contributed by atoms with Crippen LogP contribution in [0.25, 0.3) is 0 Å². The van der Waals surface area contributed by atoms with Crippen molar-refractivity contribution in [1.82, 2.24) is 10.3 Å². The molecular formula is C17H19F2N3O3S. The van der Waals surface area contributed by atoms with Gasteiger partial charge in [-0.05, 0) is 50.2 Å². The fourth-order valence-corrected chi connectivity index (χ4v) is 3.37. The first kappa shape index (κ1) is 19.8. The number of rotatable bonds is 7. The van der Waals surface area contributed by atoms with Crippen molar-refractivity contribution in [3.8, 4) is 0 Å². The predicted molar refractivity (Wildman–Crippen MR) is 94.1 cm³/mol. The topological polar surface area (TPSA) is 78.5 Å². The summed E-state index contributed by atoms with van der Waals surface area (Å²) in [4.78, 5) is 14.7. The first-order chi connectivity index (χ1) is 12.3. The molecular weight excluding hydrogens is 364 g/mol. The Morgan fingerprint density at radius 1 is 1.00 bits per heavy atom. The largest absolute Gasteiger partial charge is 0.372 e. The summed E-state index contributed by atoms with van der Waals surface area (Å²) >= 11 is 0. The molecule has 140 valence electrons. The second kappa shape index (κ2) is 8.24. The SMILES string of the molecule is CCN(CC)c1ccc(C(=O)NNS(=O)(=O)c2c(F)cccc2F)cc1. The first-order valence-corrected chi connectivity index (χ1v) is 9.39. The molecule has 9 heteroatoms. The molecule has 2 aromatic carbocycles. The normalized spacial score (nSPS) is 11.2. The number of nitrogens with one attached hydrogen (secondary N) is 2. The second-order valence-electron chi connectivity index (χ2n) is 5.33. The Labute approximate surface area is 150 Å². The highest BCUT2D eigenvalue weighted by Crippen LogP contribution is 2.18. The highest BCUT2D eigenvalue weighted by molar-refractivity contribution is 7.89. The Morgan fingerprint density at radius 3 is 2.04 bits per heavy atom. The number of anilines is 1. The lowest BCUT2D eigenvalue weighted by molar-refractivity contribution is 0.0945. The molecule has 0 aliphatic carbocycles. The number of carbonyl (C=O) groups is 1. The molecule has 0 unspecified atom stereocenters. The van der Waals surface area contributed by atoms with E-state index in [0.717, 1.165) is 37.0 Å². The number of hydrazine groups is 1. The van der Waals surface area contributed by atoms with Crippen LogP contribution < -0.4 is 15.2 Å². The van der Waals surface area contributed by atoms with Crippen LogP contribution in [0.1, 0.15) is 24.2 Å². The van der Waals surface area contributed by atoms with Gasteiger partial charge in [0.2, 0.25) is 0 Å². The predicted octanol–water partition coefficient (Wildman–Crippen LogP) is 2.43. The van der Waals surface area contributed by atoms with Gasteiger partial charge in [-0.1, -0.05) is 6.07 Å². The van der Waals surface area contributed by atoms with Crippen LogP contribution in [0, 0.1) is 11.6 Å². The van der Waals surface area contributed by atoms with E-state index in [1.807, 2.05) is 19.3 Å². The second-order valence-corrected chi connectivity index (χ2v) is 6.95. The van der Waals surface area contributed by atoms with Crippen molar-refractivity contribution in [2.45, 2.75) is 18.7 Å². The smallest absolute Gasteiger partial charge is 0.266 e. The van der Waals surface area contributed by atoms with Crippen molar-refractivity contribution in [2.24, 2.45) is 0 Å². The van der Waals surface area contributed by atoms with Crippen molar-refractivity contribution in [2.75, 3.05) is 18.0 Å². The lowest BCUT2D eigenvalue weighted by Crippen LogP contribution is -2.42. The van der Waals surface area contributed by atoms with Gasteiger partial charge in [0.15, 0.2) is 4.90 Å². The number of nitrogens with zero attached hydrogens (tertiary/aromatic N) is 1. The molecule has 26 heavy (non-hydrogen) atoms. The summed E-state index contributed by atoms with van der Waals surface area (Å²) in [7, 11) is -4.59. The van der Waals surface area contributed by atoms with E-state index in [2.05, 4.69) is 4.90 Å². The number of carbonyl (C=O) groups excluding carboxylic acids is 1. The van der Waals surface area contributed by atoms with Gasteiger partial charge < -0.3 is 4.90 Å². The summed E-state index contributed by atoms with van der Waals surface area (Å²) in [6.45, 7) is 5.60. The van der Waals surface area contributed by atoms with Crippen LogP contribution in [0.3, 0.4) is 0 Å². The molecule has 0 fully saturated rings. The van der Waals surface area contributed by atoms with Gasteiger partial charge in [-0.25, -0.2) is 17.2 Å². The van der Waals surface area contributed by atoms with Gasteiger partial charge in [0.25, 0.3) is 15.9 Å². The van der Waals surface area contributed by atoms with E-state index in [0.29, 0.717) is 0 Å². The molecule has 1 amide bonds. The van der Waals surface area contributed by atoms with Crippen molar-refractivity contribution < 1.29 is 22.0 Å². The van der Waals surface area contributed by atoms with Gasteiger partial charge in [0.05, 0.1) is 0 Å². The van der Waals surface area contributed by atoms with E-state index in [4.69, 9.17) is 0 Å². The third kappa shape index (κ3) is 4.36. The van der Waals surface area contributed by atoms with Gasteiger partial charge in [0.1, 0.15) is 11.6 Å². The van der Waals surface area contributed by atoms with E-state index < -0.39 is 32.5 Å². The third-order valence-electron chi connectivity index (χ3n) is 3.74. The number of hydrogen-bond acceptors (Lipinski definition) is 4. The van der Waals surface area contributed by atoms with Crippen molar-refractivity contribution in [3.63, 3.8) is 0 Å². The zero-order chi connectivity index (χ0) is 19.3. The summed E-state index contributed by atoms with van der Waals surface area (Å²) in [6, 6.07) is 9.18. The third-order valence-corrected chi connectivity index (χ3v) is 5.04. The summed E-state index contributed by atoms with van der Waals surface area (Å²) < 4.78 is 51.2. The molecule has 6 nitrogen and oxygen atoms in total. The van der Waals surface area contributed by atoms with E-state index in [9.17, 15) is 22.0 Å². The monoisotopic (exact) mass is 383 g/mol. The van der Waals surface area contributed by atoms with Crippen LogP contribution in [-0.4, -0.2) is 27.4 Å². The number of halogens is 2. The van der Waals surface area contributed by atoms with Crippen LogP contribution in [0.15, 0.2) is 47.4 Å². The molecule has 0 spiro atoms. The number of sulfonamides is 1. The lowest BCUT2D eigenvalue weighted by atomic mass is 10.2. The van der Waals surface area contributed by atoms with Crippen LogP contribution >= 0.6 is 0 Å². The fraction of sp³-hybridized carbons (Fsp3) is 0.235. The molecule has 0 atom stereocenters. The van der Waals surface area contributed by atoms with Gasteiger partial charge in [-0.15, -0.1) is 4.83 Å². The maximum Gasteiger partial charge on any atom is 0.266 e. The summed E-state index contributed by atoms with van der Waals surface area (Å²) in [6.07, 6.45) is 0. The van der Waals surface area contributed by atoms with Crippen molar-refractivity contribution >= 4 is 21.6 Å². The van der Waals surface area contributed by atoms with Crippen LogP contribution in [0.4, 0.5) is 14.5 Å². The first-order valence-electron chi connectivity index (χ1n) is 7.91. The standard InChI is InChI=1S/C17H19F2N3O3S/c1-3-22(4-2)13-10-8-12(9-11-13)17(23)20-21-26(24,25)16-14(18)6-5-7-15(16)19/h5-11,21H,3-4H2,1-2H3,(H,20,23). The van der Waals surface area contributed by atoms with E-state index in [-0.39, 0.29) is 5.56 Å². The molecule has 0 aliphatic rings. The maximum atomic E-state index is 13.6. The van der Waals surface area contributed by atoms with Gasteiger partial charge in [0, 0.05) is 24.3 Å². The Hall–Kier alpha value is -2.52. The molecule has 0 saturated carbocycles. The van der Waals surface area contributed by atoms with Crippen LogP contribution in [-0.2, 0) is 10.0 Å². The zero-order valence-electron chi connectivity index (χ0n) is 14.3. The Kier molecular flexibility index (Phi) is 6.27. The maximum absolute atomic E-state index is 13.6. The molecule has 0 heterocycles. The van der Waals surface area contributed by atoms with E-state index in [1.54, 1.807) is 17.0 Å². The van der Waals surface area contributed by atoms with E-state index >= 15 is 0 Å². The summed E-state index contributed by atoms with van der Waals surface area (Å²) in [5.74, 6) is -3.26. The van der Waals surface area contributed by atoms with Gasteiger partial charge in [-0.2, -0.15) is 0 Å². The number of hydrogen-bond donors (Lipinski definition) is 2. The average Bonchev–Trinajstić information content (AvgIpc) is 2.61. The minimum Gasteiger partial charge on any atom is -0.372 e. The molecule has 0 radical (unpaired) electrons. The minimum atomic E-state index is -4.59. The average molecular weight is 383 g/mol. The molecule has 0 aliphatic heterocycles. The minimum absolute atomic E-state index is 0.192. The lowest BCUT2D eigenvalue weighted by Gasteiger charge is -2.21.